The van der Waals surface area contributed by atoms with E-state index in [0.717, 1.165) is 0 Å². The first-order chi connectivity index (χ1) is 9.49. The number of amides is 1. The van der Waals surface area contributed by atoms with E-state index in [4.69, 9.17) is 28.9 Å². The van der Waals surface area contributed by atoms with Crippen molar-refractivity contribution in [2.45, 2.75) is 6.04 Å². The number of nitrogens with two attached hydrogens (primary N) is 1. The van der Waals surface area contributed by atoms with E-state index in [1.165, 1.54) is 24.3 Å². The first-order valence-corrected chi connectivity index (χ1v) is 6.50. The molecule has 0 radical (unpaired) electrons. The molecule has 1 amide bonds. The molecule has 3 nitrogen and oxygen atoms in total. The summed E-state index contributed by atoms with van der Waals surface area (Å²) in [6, 6.07) is 9.54. The van der Waals surface area contributed by atoms with E-state index in [2.05, 4.69) is 5.32 Å². The molecular formula is C14H11Cl2FN2O. The molecule has 3 N–H and O–H groups in total. The highest BCUT2D eigenvalue weighted by Gasteiger charge is 2.23. The summed E-state index contributed by atoms with van der Waals surface area (Å²) in [5, 5.41) is 3.55. The summed E-state index contributed by atoms with van der Waals surface area (Å²) in [5.74, 6) is -1.01. The second kappa shape index (κ2) is 6.11. The minimum atomic E-state index is -0.901. The summed E-state index contributed by atoms with van der Waals surface area (Å²) in [6.07, 6.45) is 0. The Hall–Kier alpha value is -1.78. The average molecular weight is 313 g/mol. The van der Waals surface area contributed by atoms with Gasteiger partial charge in [-0.15, -0.1) is 0 Å². The Morgan fingerprint density at radius 2 is 1.65 bits per heavy atom. The van der Waals surface area contributed by atoms with E-state index in [9.17, 15) is 9.18 Å². The number of nitrogens with one attached hydrogen (secondary N) is 1. The van der Waals surface area contributed by atoms with Gasteiger partial charge in [-0.1, -0.05) is 29.3 Å². The molecule has 104 valence electrons. The van der Waals surface area contributed by atoms with Crippen LogP contribution in [-0.4, -0.2) is 5.91 Å². The monoisotopic (exact) mass is 312 g/mol. The molecule has 0 aromatic heterocycles. The van der Waals surface area contributed by atoms with Crippen LogP contribution >= 0.6 is 23.2 Å². The molecule has 0 saturated carbocycles. The Balaban J connectivity index is 2.37. The van der Waals surface area contributed by atoms with Crippen LogP contribution < -0.4 is 11.1 Å². The van der Waals surface area contributed by atoms with Crippen LogP contribution in [0.1, 0.15) is 11.6 Å². The van der Waals surface area contributed by atoms with Crippen molar-refractivity contribution in [1.82, 2.24) is 0 Å². The fraction of sp³-hybridized carbons (Fsp3) is 0.0714. The van der Waals surface area contributed by atoms with Crippen LogP contribution in [0.4, 0.5) is 10.1 Å². The van der Waals surface area contributed by atoms with Gasteiger partial charge in [0.05, 0.1) is 0 Å². The topological polar surface area (TPSA) is 55.1 Å². The fourth-order valence-electron chi connectivity index (χ4n) is 1.78. The lowest BCUT2D eigenvalue weighted by atomic mass is 10.1. The van der Waals surface area contributed by atoms with Crippen molar-refractivity contribution in [3.8, 4) is 0 Å². The highest BCUT2D eigenvalue weighted by Crippen LogP contribution is 2.32. The van der Waals surface area contributed by atoms with Gasteiger partial charge < -0.3 is 11.1 Å². The highest BCUT2D eigenvalue weighted by molar-refractivity contribution is 6.36. The molecule has 1 atom stereocenters. The van der Waals surface area contributed by atoms with Gasteiger partial charge in [0, 0.05) is 21.3 Å². The zero-order valence-electron chi connectivity index (χ0n) is 10.2. The Kier molecular flexibility index (Phi) is 4.47. The lowest BCUT2D eigenvalue weighted by molar-refractivity contribution is -0.118. The van der Waals surface area contributed by atoms with Crippen LogP contribution in [0.2, 0.25) is 10.0 Å². The van der Waals surface area contributed by atoms with Crippen molar-refractivity contribution < 1.29 is 9.18 Å². The van der Waals surface area contributed by atoms with Crippen molar-refractivity contribution in [3.05, 3.63) is 63.9 Å². The molecule has 0 aliphatic rings. The molecule has 0 saturated heterocycles. The van der Waals surface area contributed by atoms with Gasteiger partial charge in [-0.3, -0.25) is 4.79 Å². The van der Waals surface area contributed by atoms with Gasteiger partial charge in [0.2, 0.25) is 5.91 Å². The van der Waals surface area contributed by atoms with E-state index >= 15 is 0 Å². The number of hydrogen-bond acceptors (Lipinski definition) is 2. The van der Waals surface area contributed by atoms with Gasteiger partial charge in [-0.05, 0) is 36.4 Å². The number of carbonyl (C=O) groups excluding carboxylic acids is 1. The summed E-state index contributed by atoms with van der Waals surface area (Å²) < 4.78 is 12.9. The first kappa shape index (κ1) is 14.6. The van der Waals surface area contributed by atoms with E-state index in [1.807, 2.05) is 0 Å². The third kappa shape index (κ3) is 3.21. The molecular weight excluding hydrogens is 302 g/mol. The summed E-state index contributed by atoms with van der Waals surface area (Å²) in [5.41, 5.74) is 6.32. The van der Waals surface area contributed by atoms with Crippen LogP contribution in [0.5, 0.6) is 0 Å². The van der Waals surface area contributed by atoms with Gasteiger partial charge in [-0.2, -0.15) is 0 Å². The second-order valence-electron chi connectivity index (χ2n) is 4.12. The van der Waals surface area contributed by atoms with E-state index in [-0.39, 0.29) is 5.82 Å². The molecule has 2 rings (SSSR count). The van der Waals surface area contributed by atoms with Crippen LogP contribution in [0.25, 0.3) is 0 Å². The summed E-state index contributed by atoms with van der Waals surface area (Å²) in [6.45, 7) is 0. The predicted octanol–water partition coefficient (Wildman–Crippen LogP) is 3.77. The fourth-order valence-corrected chi connectivity index (χ4v) is 2.40. The van der Waals surface area contributed by atoms with Crippen LogP contribution in [0, 0.1) is 5.82 Å². The minimum absolute atomic E-state index is 0.330. The number of halogens is 3. The zero-order chi connectivity index (χ0) is 14.7. The van der Waals surface area contributed by atoms with Crippen molar-refractivity contribution in [2.24, 2.45) is 5.73 Å². The molecule has 0 bridgehead atoms. The normalized spacial score (nSPS) is 11.9. The number of benzene rings is 2. The van der Waals surface area contributed by atoms with Gasteiger partial charge in [-0.25, -0.2) is 4.39 Å². The SMILES string of the molecule is NC(=O)C(Nc1ccc(F)cc1)c1c(Cl)cccc1Cl. The minimum Gasteiger partial charge on any atom is -0.370 e. The molecule has 6 heteroatoms. The highest BCUT2D eigenvalue weighted by atomic mass is 35.5. The predicted molar refractivity (Wildman–Crippen MR) is 78.4 cm³/mol. The summed E-state index contributed by atoms with van der Waals surface area (Å²) in [4.78, 5) is 11.6. The summed E-state index contributed by atoms with van der Waals surface area (Å²) >= 11 is 12.1. The molecule has 0 aliphatic carbocycles. The number of primary amides is 1. The first-order valence-electron chi connectivity index (χ1n) is 5.74. The molecule has 20 heavy (non-hydrogen) atoms. The maximum Gasteiger partial charge on any atom is 0.244 e. The number of anilines is 1. The van der Waals surface area contributed by atoms with Gasteiger partial charge >= 0.3 is 0 Å². The maximum atomic E-state index is 12.9. The zero-order valence-corrected chi connectivity index (χ0v) is 11.8. The van der Waals surface area contributed by atoms with Crippen LogP contribution in [-0.2, 0) is 4.79 Å². The Labute approximate surface area is 125 Å². The van der Waals surface area contributed by atoms with Crippen molar-refractivity contribution in [2.75, 3.05) is 5.32 Å². The third-order valence-corrected chi connectivity index (χ3v) is 3.39. The molecule has 0 fully saturated rings. The van der Waals surface area contributed by atoms with Crippen molar-refractivity contribution in [3.63, 3.8) is 0 Å². The lowest BCUT2D eigenvalue weighted by Gasteiger charge is -2.19. The Bertz CT molecular complexity index is 611. The van der Waals surface area contributed by atoms with Gasteiger partial charge in [0.15, 0.2) is 0 Å². The van der Waals surface area contributed by atoms with E-state index in [0.29, 0.717) is 21.3 Å². The van der Waals surface area contributed by atoms with Crippen LogP contribution in [0.15, 0.2) is 42.5 Å². The molecule has 0 heterocycles. The molecule has 1 unspecified atom stereocenters. The third-order valence-electron chi connectivity index (χ3n) is 2.73. The average Bonchev–Trinajstić information content (AvgIpc) is 2.39. The molecule has 0 spiro atoms. The smallest absolute Gasteiger partial charge is 0.244 e. The van der Waals surface area contributed by atoms with Gasteiger partial charge in [0.25, 0.3) is 0 Å². The van der Waals surface area contributed by atoms with Crippen LogP contribution in [0.3, 0.4) is 0 Å². The number of rotatable bonds is 4. The Morgan fingerprint density at radius 1 is 1.10 bits per heavy atom. The van der Waals surface area contributed by atoms with Crippen molar-refractivity contribution in [1.29, 1.82) is 0 Å². The van der Waals surface area contributed by atoms with E-state index < -0.39 is 11.9 Å². The maximum absolute atomic E-state index is 12.9. The Morgan fingerprint density at radius 3 is 2.15 bits per heavy atom. The molecule has 2 aromatic carbocycles. The standard InChI is InChI=1S/C14H11Cl2FN2O/c15-10-2-1-3-11(16)12(10)13(14(18)20)19-9-6-4-8(17)5-7-9/h1-7,13,19H,(H2,18,20). The van der Waals surface area contributed by atoms with Gasteiger partial charge in [0.1, 0.15) is 11.9 Å². The largest absolute Gasteiger partial charge is 0.370 e. The molecule has 2 aromatic rings. The summed E-state index contributed by atoms with van der Waals surface area (Å²) in [7, 11) is 0. The second-order valence-corrected chi connectivity index (χ2v) is 4.94. The lowest BCUT2D eigenvalue weighted by Crippen LogP contribution is -2.28. The number of hydrogen-bond donors (Lipinski definition) is 2. The van der Waals surface area contributed by atoms with E-state index in [1.54, 1.807) is 18.2 Å². The molecule has 0 aliphatic heterocycles. The van der Waals surface area contributed by atoms with Crippen molar-refractivity contribution >= 4 is 34.8 Å². The quantitative estimate of drug-likeness (QED) is 0.903. The number of carbonyl (C=O) groups is 1.